The smallest absolute Gasteiger partial charge is 0.209 e. The number of nitrogens with two attached hydrogens (primary N) is 1. The van der Waals surface area contributed by atoms with Gasteiger partial charge in [-0.3, -0.25) is 0 Å². The fourth-order valence-corrected chi connectivity index (χ4v) is 5.07. The van der Waals surface area contributed by atoms with E-state index in [2.05, 4.69) is 0 Å². The van der Waals surface area contributed by atoms with E-state index in [0.29, 0.717) is 12.8 Å². The molecule has 0 atom stereocenters. The summed E-state index contributed by atoms with van der Waals surface area (Å²) >= 11 is 0. The summed E-state index contributed by atoms with van der Waals surface area (Å²) < 4.78 is 44.7. The summed E-state index contributed by atoms with van der Waals surface area (Å²) in [5.74, 6) is 0.330. The quantitative estimate of drug-likeness (QED) is 0.787. The van der Waals surface area contributed by atoms with Gasteiger partial charge in [-0.25, -0.2) is 22.0 Å². The normalized spacial score (nSPS) is 23.2. The van der Waals surface area contributed by atoms with Crippen LogP contribution in [0.5, 0.6) is 0 Å². The highest BCUT2D eigenvalue weighted by molar-refractivity contribution is 7.91. The third kappa shape index (κ3) is 4.03. The fraction of sp³-hybridized carbons (Fsp3) is 1.00. The summed E-state index contributed by atoms with van der Waals surface area (Å²) in [6, 6.07) is 0. The largest absolute Gasteiger partial charge is 0.229 e. The summed E-state index contributed by atoms with van der Waals surface area (Å²) in [7, 11) is -6.41. The van der Waals surface area contributed by atoms with Crippen molar-refractivity contribution in [2.45, 2.75) is 26.7 Å². The number of sulfone groups is 1. The van der Waals surface area contributed by atoms with Crippen LogP contribution in [0.4, 0.5) is 0 Å². The van der Waals surface area contributed by atoms with Crippen molar-refractivity contribution in [1.82, 2.24) is 0 Å². The number of primary sulfonamides is 1. The molecule has 96 valence electrons. The molecule has 5 nitrogen and oxygen atoms in total. The maximum Gasteiger partial charge on any atom is 0.209 e. The highest BCUT2D eigenvalue weighted by Crippen LogP contribution is 2.36. The van der Waals surface area contributed by atoms with Crippen molar-refractivity contribution < 1.29 is 16.8 Å². The molecule has 1 heterocycles. The van der Waals surface area contributed by atoms with Crippen LogP contribution in [0.25, 0.3) is 0 Å². The van der Waals surface area contributed by atoms with E-state index >= 15 is 0 Å². The Kier molecular flexibility index (Phi) is 3.71. The fourth-order valence-electron chi connectivity index (χ4n) is 2.31. The Balaban J connectivity index is 2.72. The van der Waals surface area contributed by atoms with E-state index in [9.17, 15) is 16.8 Å². The van der Waals surface area contributed by atoms with Crippen LogP contribution >= 0.6 is 0 Å². The Morgan fingerprint density at radius 1 is 1.25 bits per heavy atom. The van der Waals surface area contributed by atoms with Crippen LogP contribution in [-0.4, -0.2) is 34.1 Å². The van der Waals surface area contributed by atoms with Crippen molar-refractivity contribution in [2.75, 3.05) is 17.3 Å². The van der Waals surface area contributed by atoms with E-state index in [4.69, 9.17) is 5.14 Å². The third-order valence-corrected chi connectivity index (χ3v) is 6.09. The van der Waals surface area contributed by atoms with E-state index in [-0.39, 0.29) is 23.2 Å². The van der Waals surface area contributed by atoms with Gasteiger partial charge in [0.2, 0.25) is 10.0 Å². The Bertz CT molecular complexity index is 436. The molecule has 1 fully saturated rings. The lowest BCUT2D eigenvalue weighted by Gasteiger charge is -2.36. The Hall–Kier alpha value is -0.140. The average molecular weight is 269 g/mol. The third-order valence-electron chi connectivity index (χ3n) is 3.23. The van der Waals surface area contributed by atoms with Crippen molar-refractivity contribution in [2.24, 2.45) is 16.5 Å². The number of rotatable bonds is 3. The maximum absolute atomic E-state index is 11.3. The molecular weight excluding hydrogens is 250 g/mol. The summed E-state index contributed by atoms with van der Waals surface area (Å²) in [4.78, 5) is 0. The van der Waals surface area contributed by atoms with Crippen molar-refractivity contribution in [3.63, 3.8) is 0 Å². The SMILES string of the molecule is CC(C)(CS(N)(=O)=O)C1CCS(=O)(=O)CC1. The Morgan fingerprint density at radius 2 is 1.69 bits per heavy atom. The van der Waals surface area contributed by atoms with Gasteiger partial charge in [0.05, 0.1) is 17.3 Å². The second-order valence-corrected chi connectivity index (χ2v) is 9.14. The highest BCUT2D eigenvalue weighted by atomic mass is 32.2. The zero-order valence-corrected chi connectivity index (χ0v) is 11.3. The molecule has 1 saturated heterocycles. The van der Waals surface area contributed by atoms with Gasteiger partial charge in [0, 0.05) is 0 Å². The molecule has 0 radical (unpaired) electrons. The molecular formula is C9H19NO4S2. The first-order chi connectivity index (χ1) is 7.02. The minimum Gasteiger partial charge on any atom is -0.229 e. The number of hydrogen-bond donors (Lipinski definition) is 1. The second kappa shape index (κ2) is 4.27. The van der Waals surface area contributed by atoms with Crippen LogP contribution in [0.2, 0.25) is 0 Å². The maximum atomic E-state index is 11.3. The molecule has 1 aliphatic heterocycles. The van der Waals surface area contributed by atoms with Crippen LogP contribution in [-0.2, 0) is 19.9 Å². The predicted octanol–water partition coefficient (Wildman–Crippen LogP) is 0.126. The first-order valence-electron chi connectivity index (χ1n) is 5.23. The lowest BCUT2D eigenvalue weighted by molar-refractivity contribution is 0.225. The van der Waals surface area contributed by atoms with Gasteiger partial charge < -0.3 is 0 Å². The minimum absolute atomic E-state index is 0.0925. The van der Waals surface area contributed by atoms with E-state index in [0.717, 1.165) is 0 Å². The molecule has 0 unspecified atom stereocenters. The topological polar surface area (TPSA) is 94.3 Å². The molecule has 2 N–H and O–H groups in total. The standard InChI is InChI=1S/C9H19NO4S2/c1-9(2,7-16(10,13)14)8-3-5-15(11,12)6-4-8/h8H,3-7H2,1-2H3,(H2,10,13,14). The molecule has 1 aliphatic rings. The van der Waals surface area contributed by atoms with E-state index < -0.39 is 25.3 Å². The predicted molar refractivity (Wildman–Crippen MR) is 63.1 cm³/mol. The molecule has 0 amide bonds. The van der Waals surface area contributed by atoms with Crippen LogP contribution in [0.1, 0.15) is 26.7 Å². The van der Waals surface area contributed by atoms with Gasteiger partial charge >= 0.3 is 0 Å². The van der Waals surface area contributed by atoms with E-state index in [1.807, 2.05) is 13.8 Å². The summed E-state index contributed by atoms with van der Waals surface area (Å²) in [5, 5.41) is 5.04. The highest BCUT2D eigenvalue weighted by Gasteiger charge is 2.36. The molecule has 7 heteroatoms. The van der Waals surface area contributed by atoms with Gasteiger partial charge in [-0.05, 0) is 24.2 Å². The first-order valence-corrected chi connectivity index (χ1v) is 8.76. The van der Waals surface area contributed by atoms with Crippen LogP contribution in [0.15, 0.2) is 0 Å². The monoisotopic (exact) mass is 269 g/mol. The Labute approximate surface area is 97.4 Å². The molecule has 0 aliphatic carbocycles. The van der Waals surface area contributed by atoms with E-state index in [1.165, 1.54) is 0 Å². The summed E-state index contributed by atoms with van der Waals surface area (Å²) in [5.41, 5.74) is -0.455. The summed E-state index contributed by atoms with van der Waals surface area (Å²) in [6.45, 7) is 3.67. The van der Waals surface area contributed by atoms with Gasteiger partial charge in [-0.1, -0.05) is 13.8 Å². The molecule has 0 bridgehead atoms. The van der Waals surface area contributed by atoms with Crippen molar-refractivity contribution in [1.29, 1.82) is 0 Å². The van der Waals surface area contributed by atoms with Gasteiger partial charge in [0.1, 0.15) is 9.84 Å². The van der Waals surface area contributed by atoms with Gasteiger partial charge in [0.15, 0.2) is 0 Å². The van der Waals surface area contributed by atoms with Crippen molar-refractivity contribution >= 4 is 19.9 Å². The lowest BCUT2D eigenvalue weighted by Crippen LogP contribution is -2.39. The minimum atomic E-state index is -3.51. The molecule has 0 aromatic heterocycles. The number of sulfonamides is 1. The molecule has 0 spiro atoms. The van der Waals surface area contributed by atoms with Crippen molar-refractivity contribution in [3.05, 3.63) is 0 Å². The number of hydrogen-bond acceptors (Lipinski definition) is 4. The van der Waals surface area contributed by atoms with E-state index in [1.54, 1.807) is 0 Å². The first kappa shape index (κ1) is 13.9. The van der Waals surface area contributed by atoms with Crippen LogP contribution < -0.4 is 5.14 Å². The zero-order chi connectivity index (χ0) is 12.6. The Morgan fingerprint density at radius 3 is 2.06 bits per heavy atom. The molecule has 16 heavy (non-hydrogen) atoms. The lowest BCUT2D eigenvalue weighted by atomic mass is 9.77. The zero-order valence-electron chi connectivity index (χ0n) is 9.64. The van der Waals surface area contributed by atoms with Gasteiger partial charge in [0.25, 0.3) is 0 Å². The molecule has 1 rings (SSSR count). The second-order valence-electron chi connectivity index (χ2n) is 5.22. The van der Waals surface area contributed by atoms with Gasteiger partial charge in [-0.15, -0.1) is 0 Å². The molecule has 0 aromatic rings. The average Bonchev–Trinajstić information content (AvgIpc) is 1.98. The van der Waals surface area contributed by atoms with Crippen molar-refractivity contribution in [3.8, 4) is 0 Å². The van der Waals surface area contributed by atoms with Crippen LogP contribution in [0.3, 0.4) is 0 Å². The molecule has 0 aromatic carbocycles. The van der Waals surface area contributed by atoms with Crippen LogP contribution in [0, 0.1) is 11.3 Å². The molecule has 0 saturated carbocycles. The summed E-state index contributed by atoms with van der Waals surface area (Å²) in [6.07, 6.45) is 1.07. The van der Waals surface area contributed by atoms with Gasteiger partial charge in [-0.2, -0.15) is 0 Å².